The Morgan fingerprint density at radius 3 is 2.38 bits per heavy atom. The molecule has 2 rings (SSSR count). The summed E-state index contributed by atoms with van der Waals surface area (Å²) in [5.41, 5.74) is 1.69. The van der Waals surface area contributed by atoms with Gasteiger partial charge in [0.15, 0.2) is 6.04 Å². The summed E-state index contributed by atoms with van der Waals surface area (Å²) < 4.78 is 1.84. The molecule has 2 aromatic rings. The second kappa shape index (κ2) is 7.77. The van der Waals surface area contributed by atoms with E-state index in [1.54, 1.807) is 30.3 Å². The third-order valence-electron chi connectivity index (χ3n) is 4.23. The molecule has 1 amide bonds. The average molecular weight is 329 g/mol. The Morgan fingerprint density at radius 2 is 1.83 bits per heavy atom. The molecule has 0 fully saturated rings. The monoisotopic (exact) mass is 329 g/mol. The van der Waals surface area contributed by atoms with E-state index in [1.165, 1.54) is 6.20 Å². The van der Waals surface area contributed by atoms with Gasteiger partial charge in [0, 0.05) is 5.69 Å². The SMILES string of the molecule is CCC(CC)n1ncc(C(=O)NC(C(=O)O)c2ccccc2)c1C. The van der Waals surface area contributed by atoms with E-state index in [-0.39, 0.29) is 6.04 Å². The minimum absolute atomic E-state index is 0.232. The highest BCUT2D eigenvalue weighted by molar-refractivity contribution is 5.97. The zero-order chi connectivity index (χ0) is 17.7. The maximum atomic E-state index is 12.5. The van der Waals surface area contributed by atoms with Crippen molar-refractivity contribution in [1.82, 2.24) is 15.1 Å². The molecule has 0 aliphatic rings. The first-order valence-corrected chi connectivity index (χ1v) is 8.12. The number of carbonyl (C=O) groups excluding carboxylic acids is 1. The number of hydrogen-bond acceptors (Lipinski definition) is 3. The normalized spacial score (nSPS) is 12.2. The first-order valence-electron chi connectivity index (χ1n) is 8.12. The van der Waals surface area contributed by atoms with Crippen molar-refractivity contribution in [3.63, 3.8) is 0 Å². The molecule has 128 valence electrons. The standard InChI is InChI=1S/C18H23N3O3/c1-4-14(5-2)21-12(3)15(11-19-21)17(22)20-16(18(23)24)13-9-7-6-8-10-13/h6-11,14,16H,4-5H2,1-3H3,(H,20,22)(H,23,24). The maximum absolute atomic E-state index is 12.5. The molecule has 0 saturated heterocycles. The van der Waals surface area contributed by atoms with E-state index in [4.69, 9.17) is 0 Å². The number of nitrogens with one attached hydrogen (secondary N) is 1. The molecule has 0 aliphatic carbocycles. The predicted octanol–water partition coefficient (Wildman–Crippen LogP) is 3.11. The lowest BCUT2D eigenvalue weighted by atomic mass is 10.1. The molecule has 24 heavy (non-hydrogen) atoms. The van der Waals surface area contributed by atoms with Crippen molar-refractivity contribution < 1.29 is 14.7 Å². The molecule has 6 heteroatoms. The zero-order valence-electron chi connectivity index (χ0n) is 14.2. The minimum atomic E-state index is -1.10. The highest BCUT2D eigenvalue weighted by Gasteiger charge is 2.25. The predicted molar refractivity (Wildman–Crippen MR) is 90.9 cm³/mol. The maximum Gasteiger partial charge on any atom is 0.330 e. The molecule has 0 spiro atoms. The van der Waals surface area contributed by atoms with Crippen molar-refractivity contribution in [2.24, 2.45) is 0 Å². The average Bonchev–Trinajstić information content (AvgIpc) is 2.96. The van der Waals surface area contributed by atoms with Gasteiger partial charge >= 0.3 is 5.97 Å². The summed E-state index contributed by atoms with van der Waals surface area (Å²) >= 11 is 0. The number of aromatic nitrogens is 2. The molecular weight excluding hydrogens is 306 g/mol. The first kappa shape index (κ1) is 17.7. The highest BCUT2D eigenvalue weighted by atomic mass is 16.4. The van der Waals surface area contributed by atoms with Crippen molar-refractivity contribution in [3.8, 4) is 0 Å². The second-order valence-corrected chi connectivity index (χ2v) is 5.71. The number of carbonyl (C=O) groups is 2. The lowest BCUT2D eigenvalue weighted by Gasteiger charge is -2.17. The van der Waals surface area contributed by atoms with Crippen LogP contribution in [0.3, 0.4) is 0 Å². The van der Waals surface area contributed by atoms with Gasteiger partial charge in [-0.25, -0.2) is 4.79 Å². The molecule has 6 nitrogen and oxygen atoms in total. The number of nitrogens with zero attached hydrogens (tertiary/aromatic N) is 2. The Balaban J connectivity index is 2.24. The topological polar surface area (TPSA) is 84.2 Å². The Kier molecular flexibility index (Phi) is 5.73. The summed E-state index contributed by atoms with van der Waals surface area (Å²) in [6.07, 6.45) is 3.34. The van der Waals surface area contributed by atoms with Crippen LogP contribution in [0.2, 0.25) is 0 Å². The quantitative estimate of drug-likeness (QED) is 0.817. The van der Waals surface area contributed by atoms with Gasteiger partial charge in [-0.1, -0.05) is 44.2 Å². The summed E-state index contributed by atoms with van der Waals surface area (Å²) in [5.74, 6) is -1.53. The molecule has 0 saturated carbocycles. The smallest absolute Gasteiger partial charge is 0.330 e. The molecular formula is C18H23N3O3. The number of amides is 1. The van der Waals surface area contributed by atoms with Gasteiger partial charge in [-0.2, -0.15) is 5.10 Å². The fourth-order valence-corrected chi connectivity index (χ4v) is 2.79. The van der Waals surface area contributed by atoms with Gasteiger partial charge in [-0.15, -0.1) is 0 Å². The van der Waals surface area contributed by atoms with Crippen LogP contribution in [0, 0.1) is 6.92 Å². The fourth-order valence-electron chi connectivity index (χ4n) is 2.79. The van der Waals surface area contributed by atoms with Crippen LogP contribution in [0.1, 0.15) is 60.4 Å². The van der Waals surface area contributed by atoms with Gasteiger partial charge in [0.05, 0.1) is 17.8 Å². The van der Waals surface area contributed by atoms with Crippen LogP contribution < -0.4 is 5.32 Å². The van der Waals surface area contributed by atoms with Crippen molar-refractivity contribution in [2.45, 2.75) is 45.7 Å². The van der Waals surface area contributed by atoms with Gasteiger partial charge in [-0.05, 0) is 25.3 Å². The van der Waals surface area contributed by atoms with Crippen molar-refractivity contribution in [2.75, 3.05) is 0 Å². The van der Waals surface area contributed by atoms with Crippen molar-refractivity contribution in [1.29, 1.82) is 0 Å². The number of rotatable bonds is 7. The molecule has 1 heterocycles. The number of aliphatic carboxylic acids is 1. The van der Waals surface area contributed by atoms with E-state index in [9.17, 15) is 14.7 Å². The van der Waals surface area contributed by atoms with Gasteiger partial charge in [0.25, 0.3) is 5.91 Å². The van der Waals surface area contributed by atoms with Crippen LogP contribution in [-0.2, 0) is 4.79 Å². The summed E-state index contributed by atoms with van der Waals surface area (Å²) in [5, 5.41) is 16.3. The van der Waals surface area contributed by atoms with E-state index in [0.29, 0.717) is 11.1 Å². The van der Waals surface area contributed by atoms with Crippen LogP contribution in [-0.4, -0.2) is 26.8 Å². The van der Waals surface area contributed by atoms with Crippen molar-refractivity contribution in [3.05, 3.63) is 53.3 Å². The largest absolute Gasteiger partial charge is 0.479 e. The van der Waals surface area contributed by atoms with Crippen LogP contribution in [0.15, 0.2) is 36.5 Å². The molecule has 1 aromatic carbocycles. The number of benzene rings is 1. The zero-order valence-corrected chi connectivity index (χ0v) is 14.2. The summed E-state index contributed by atoms with van der Waals surface area (Å²) in [7, 11) is 0. The van der Waals surface area contributed by atoms with Gasteiger partial charge < -0.3 is 10.4 Å². The number of hydrogen-bond donors (Lipinski definition) is 2. The van der Waals surface area contributed by atoms with Gasteiger partial charge in [0.2, 0.25) is 0 Å². The number of carboxylic acids is 1. The molecule has 1 aromatic heterocycles. The van der Waals surface area contributed by atoms with E-state index < -0.39 is 17.9 Å². The number of carboxylic acid groups (broad SMARTS) is 1. The minimum Gasteiger partial charge on any atom is -0.479 e. The third-order valence-corrected chi connectivity index (χ3v) is 4.23. The first-order chi connectivity index (χ1) is 11.5. The molecule has 1 atom stereocenters. The van der Waals surface area contributed by atoms with Crippen LogP contribution in [0.25, 0.3) is 0 Å². The van der Waals surface area contributed by atoms with E-state index in [0.717, 1.165) is 18.5 Å². The summed E-state index contributed by atoms with van der Waals surface area (Å²) in [6.45, 7) is 5.98. The summed E-state index contributed by atoms with van der Waals surface area (Å²) in [6, 6.07) is 7.79. The van der Waals surface area contributed by atoms with Gasteiger partial charge in [-0.3, -0.25) is 9.48 Å². The Hall–Kier alpha value is -2.63. The lowest BCUT2D eigenvalue weighted by Crippen LogP contribution is -2.34. The molecule has 0 aliphatic heterocycles. The van der Waals surface area contributed by atoms with Crippen molar-refractivity contribution >= 4 is 11.9 Å². The Bertz CT molecular complexity index is 706. The molecule has 0 bridgehead atoms. The van der Waals surface area contributed by atoms with Crippen LogP contribution >= 0.6 is 0 Å². The second-order valence-electron chi connectivity index (χ2n) is 5.71. The van der Waals surface area contributed by atoms with Gasteiger partial charge in [0.1, 0.15) is 0 Å². The molecule has 2 N–H and O–H groups in total. The van der Waals surface area contributed by atoms with Crippen LogP contribution in [0.4, 0.5) is 0 Å². The Labute approximate surface area is 141 Å². The van der Waals surface area contributed by atoms with E-state index >= 15 is 0 Å². The summed E-state index contributed by atoms with van der Waals surface area (Å²) in [4.78, 5) is 24.1. The fraction of sp³-hybridized carbons (Fsp3) is 0.389. The van der Waals surface area contributed by atoms with E-state index in [2.05, 4.69) is 24.3 Å². The molecule has 1 unspecified atom stereocenters. The van der Waals surface area contributed by atoms with Crippen LogP contribution in [0.5, 0.6) is 0 Å². The third kappa shape index (κ3) is 3.64. The molecule has 0 radical (unpaired) electrons. The lowest BCUT2D eigenvalue weighted by molar-refractivity contribution is -0.139. The van der Waals surface area contributed by atoms with E-state index in [1.807, 2.05) is 11.6 Å². The Morgan fingerprint density at radius 1 is 1.21 bits per heavy atom. The highest BCUT2D eigenvalue weighted by Crippen LogP contribution is 2.20.